The van der Waals surface area contributed by atoms with Crippen LogP contribution in [0.4, 0.5) is 8.78 Å². The van der Waals surface area contributed by atoms with Gasteiger partial charge in [-0.1, -0.05) is 6.07 Å². The van der Waals surface area contributed by atoms with Crippen molar-refractivity contribution in [2.24, 2.45) is 0 Å². The smallest absolute Gasteiger partial charge is 0.129 e. The standard InChI is InChI=1S/C13H17F2NO/c1-13(2)8-17-7-11(16-13)5-9-3-4-10(14)6-12(9)15/h3-4,6,11,16H,5,7-8H2,1-2H3. The summed E-state index contributed by atoms with van der Waals surface area (Å²) in [5, 5.41) is 3.40. The van der Waals surface area contributed by atoms with Crippen molar-refractivity contribution in [3.8, 4) is 0 Å². The van der Waals surface area contributed by atoms with Crippen molar-refractivity contribution >= 4 is 0 Å². The summed E-state index contributed by atoms with van der Waals surface area (Å²) in [4.78, 5) is 0. The van der Waals surface area contributed by atoms with E-state index in [1.165, 1.54) is 12.1 Å². The number of hydrogen-bond donors (Lipinski definition) is 1. The summed E-state index contributed by atoms with van der Waals surface area (Å²) in [5.41, 5.74) is 0.421. The molecule has 94 valence electrons. The molecule has 1 atom stereocenters. The third-order valence-electron chi connectivity index (χ3n) is 2.86. The Labute approximate surface area is 100.0 Å². The summed E-state index contributed by atoms with van der Waals surface area (Å²) < 4.78 is 31.7. The van der Waals surface area contributed by atoms with Crippen LogP contribution in [0.15, 0.2) is 18.2 Å². The fourth-order valence-corrected chi connectivity index (χ4v) is 2.15. The Bertz CT molecular complexity index is 406. The van der Waals surface area contributed by atoms with E-state index in [1.807, 2.05) is 13.8 Å². The Kier molecular flexibility index (Phi) is 3.45. The number of ether oxygens (including phenoxy) is 1. The Hall–Kier alpha value is -1.00. The molecule has 1 fully saturated rings. The van der Waals surface area contributed by atoms with Crippen molar-refractivity contribution in [2.45, 2.75) is 31.8 Å². The van der Waals surface area contributed by atoms with Crippen LogP contribution in [-0.2, 0) is 11.2 Å². The molecule has 0 aliphatic carbocycles. The summed E-state index contributed by atoms with van der Waals surface area (Å²) >= 11 is 0. The van der Waals surface area contributed by atoms with Gasteiger partial charge in [0.2, 0.25) is 0 Å². The fraction of sp³-hybridized carbons (Fsp3) is 0.538. The lowest BCUT2D eigenvalue weighted by molar-refractivity contribution is 0.0133. The maximum Gasteiger partial charge on any atom is 0.129 e. The van der Waals surface area contributed by atoms with Crippen molar-refractivity contribution in [1.82, 2.24) is 5.32 Å². The lowest BCUT2D eigenvalue weighted by Gasteiger charge is -2.37. The number of rotatable bonds is 2. The second-order valence-corrected chi connectivity index (χ2v) is 5.18. The molecule has 0 spiro atoms. The van der Waals surface area contributed by atoms with Gasteiger partial charge in [-0.3, -0.25) is 0 Å². The predicted molar refractivity (Wildman–Crippen MR) is 61.9 cm³/mol. The highest BCUT2D eigenvalue weighted by atomic mass is 19.1. The van der Waals surface area contributed by atoms with Gasteiger partial charge in [-0.25, -0.2) is 8.78 Å². The van der Waals surface area contributed by atoms with Gasteiger partial charge in [0, 0.05) is 17.6 Å². The third-order valence-corrected chi connectivity index (χ3v) is 2.86. The molecular weight excluding hydrogens is 224 g/mol. The highest BCUT2D eigenvalue weighted by molar-refractivity contribution is 5.20. The van der Waals surface area contributed by atoms with E-state index >= 15 is 0 Å². The van der Waals surface area contributed by atoms with Crippen LogP contribution in [0.1, 0.15) is 19.4 Å². The van der Waals surface area contributed by atoms with Gasteiger partial charge in [0.15, 0.2) is 0 Å². The minimum Gasteiger partial charge on any atom is -0.378 e. The first-order chi connectivity index (χ1) is 7.96. The molecular formula is C13H17F2NO. The molecule has 1 aromatic carbocycles. The minimum atomic E-state index is -0.542. The fourth-order valence-electron chi connectivity index (χ4n) is 2.15. The van der Waals surface area contributed by atoms with Gasteiger partial charge in [0.25, 0.3) is 0 Å². The molecule has 1 aliphatic heterocycles. The molecule has 1 unspecified atom stereocenters. The summed E-state index contributed by atoms with van der Waals surface area (Å²) in [6, 6.07) is 3.77. The van der Waals surface area contributed by atoms with E-state index in [0.29, 0.717) is 25.2 Å². The van der Waals surface area contributed by atoms with E-state index in [4.69, 9.17) is 4.74 Å². The van der Waals surface area contributed by atoms with Crippen LogP contribution in [0.2, 0.25) is 0 Å². The number of nitrogens with one attached hydrogen (secondary N) is 1. The largest absolute Gasteiger partial charge is 0.378 e. The van der Waals surface area contributed by atoms with E-state index in [-0.39, 0.29) is 11.6 Å². The van der Waals surface area contributed by atoms with Gasteiger partial charge in [-0.2, -0.15) is 0 Å². The van der Waals surface area contributed by atoms with Crippen molar-refractivity contribution in [3.05, 3.63) is 35.4 Å². The van der Waals surface area contributed by atoms with E-state index in [1.54, 1.807) is 0 Å². The SMILES string of the molecule is CC1(C)COCC(Cc2ccc(F)cc2F)N1. The van der Waals surface area contributed by atoms with Crippen LogP contribution in [0.3, 0.4) is 0 Å². The molecule has 1 saturated heterocycles. The van der Waals surface area contributed by atoms with Crippen LogP contribution >= 0.6 is 0 Å². The molecule has 2 nitrogen and oxygen atoms in total. The summed E-state index contributed by atoms with van der Waals surface area (Å²) in [5.74, 6) is -1.03. The second-order valence-electron chi connectivity index (χ2n) is 5.18. The predicted octanol–water partition coefficient (Wildman–Crippen LogP) is 2.27. The summed E-state index contributed by atoms with van der Waals surface area (Å²) in [6.45, 7) is 5.29. The van der Waals surface area contributed by atoms with Gasteiger partial charge < -0.3 is 10.1 Å². The zero-order chi connectivity index (χ0) is 12.5. The molecule has 0 radical (unpaired) electrons. The molecule has 1 aliphatic rings. The van der Waals surface area contributed by atoms with Crippen LogP contribution < -0.4 is 5.32 Å². The Morgan fingerprint density at radius 1 is 1.41 bits per heavy atom. The Morgan fingerprint density at radius 3 is 2.82 bits per heavy atom. The highest BCUT2D eigenvalue weighted by Crippen LogP contribution is 2.16. The maximum absolute atomic E-state index is 13.5. The van der Waals surface area contributed by atoms with Crippen LogP contribution in [-0.4, -0.2) is 24.8 Å². The number of hydrogen-bond acceptors (Lipinski definition) is 2. The van der Waals surface area contributed by atoms with Crippen LogP contribution in [0.25, 0.3) is 0 Å². The molecule has 1 heterocycles. The van der Waals surface area contributed by atoms with Crippen molar-refractivity contribution in [3.63, 3.8) is 0 Å². The van der Waals surface area contributed by atoms with E-state index in [2.05, 4.69) is 5.32 Å². The van der Waals surface area contributed by atoms with Gasteiger partial charge in [-0.15, -0.1) is 0 Å². The number of halogens is 2. The normalized spacial score (nSPS) is 23.6. The first kappa shape index (κ1) is 12.5. The Balaban J connectivity index is 2.05. The number of benzene rings is 1. The monoisotopic (exact) mass is 241 g/mol. The molecule has 1 N–H and O–H groups in total. The average Bonchev–Trinajstić information content (AvgIpc) is 2.21. The first-order valence-corrected chi connectivity index (χ1v) is 5.76. The third kappa shape index (κ3) is 3.23. The molecule has 0 saturated carbocycles. The maximum atomic E-state index is 13.5. The first-order valence-electron chi connectivity index (χ1n) is 5.76. The molecule has 17 heavy (non-hydrogen) atoms. The van der Waals surface area contributed by atoms with Gasteiger partial charge in [-0.05, 0) is 31.9 Å². The quantitative estimate of drug-likeness (QED) is 0.857. The van der Waals surface area contributed by atoms with Crippen molar-refractivity contribution in [1.29, 1.82) is 0 Å². The van der Waals surface area contributed by atoms with E-state index in [0.717, 1.165) is 6.07 Å². The van der Waals surface area contributed by atoms with E-state index in [9.17, 15) is 8.78 Å². The van der Waals surface area contributed by atoms with Crippen LogP contribution in [0.5, 0.6) is 0 Å². The molecule has 0 amide bonds. The molecule has 2 rings (SSSR count). The Morgan fingerprint density at radius 2 is 2.18 bits per heavy atom. The zero-order valence-corrected chi connectivity index (χ0v) is 10.1. The second kappa shape index (κ2) is 4.70. The molecule has 1 aromatic rings. The topological polar surface area (TPSA) is 21.3 Å². The minimum absolute atomic E-state index is 0.0683. The van der Waals surface area contributed by atoms with Crippen molar-refractivity contribution < 1.29 is 13.5 Å². The van der Waals surface area contributed by atoms with Crippen LogP contribution in [0, 0.1) is 11.6 Å². The highest BCUT2D eigenvalue weighted by Gasteiger charge is 2.28. The summed E-state index contributed by atoms with van der Waals surface area (Å²) in [6.07, 6.45) is 0.509. The number of morpholine rings is 1. The molecule has 4 heteroatoms. The lowest BCUT2D eigenvalue weighted by atomic mass is 9.99. The zero-order valence-electron chi connectivity index (χ0n) is 10.1. The van der Waals surface area contributed by atoms with Crippen molar-refractivity contribution in [2.75, 3.05) is 13.2 Å². The average molecular weight is 241 g/mol. The lowest BCUT2D eigenvalue weighted by Crippen LogP contribution is -2.56. The van der Waals surface area contributed by atoms with Gasteiger partial charge >= 0.3 is 0 Å². The van der Waals surface area contributed by atoms with E-state index < -0.39 is 11.6 Å². The summed E-state index contributed by atoms with van der Waals surface area (Å²) in [7, 11) is 0. The molecule has 0 aromatic heterocycles. The van der Waals surface area contributed by atoms with Gasteiger partial charge in [0.1, 0.15) is 11.6 Å². The van der Waals surface area contributed by atoms with Gasteiger partial charge in [0.05, 0.1) is 13.2 Å². The molecule has 0 bridgehead atoms.